The first-order valence-electron chi connectivity index (χ1n) is 11.7. The number of anilines is 1. The molecule has 0 spiro atoms. The number of phenols is 1. The number of allylic oxidation sites excluding steroid dienone is 6. The summed E-state index contributed by atoms with van der Waals surface area (Å²) in [6.45, 7) is 0. The Morgan fingerprint density at radius 1 is 1.00 bits per heavy atom. The SMILES string of the molecule is O=C1C=C(Br)C(=O)C2=C1[C@@H](c1cc(Cl)ccc1O)C1=CC[C@@H]3C(=O)N(c4ccc(I)cc4)C(=O)[C@@H]3[C@@H]1C2. The monoisotopic (exact) mass is 689 g/mol. The largest absolute Gasteiger partial charge is 0.508 e. The number of nitrogens with zero attached hydrogens (tertiary/aromatic N) is 1. The van der Waals surface area contributed by atoms with Crippen LogP contribution in [0.4, 0.5) is 5.69 Å². The molecule has 3 aliphatic carbocycles. The molecule has 2 amide bonds. The van der Waals surface area contributed by atoms with E-state index in [2.05, 4.69) is 38.5 Å². The summed E-state index contributed by atoms with van der Waals surface area (Å²) in [5.41, 5.74) is 2.27. The molecule has 0 unspecified atom stereocenters. The molecule has 1 aliphatic heterocycles. The van der Waals surface area contributed by atoms with Gasteiger partial charge in [-0.15, -0.1) is 0 Å². The zero-order valence-corrected chi connectivity index (χ0v) is 23.6. The van der Waals surface area contributed by atoms with Gasteiger partial charge in [-0.1, -0.05) is 23.3 Å². The van der Waals surface area contributed by atoms with Crippen molar-refractivity contribution in [2.45, 2.75) is 18.8 Å². The number of aromatic hydroxyl groups is 1. The standard InChI is InChI=1S/C28H18BrClINO5/c29-20-11-22(34)25-19(26(20)35)10-17-15(23(25)18-9-12(30)1-8-21(18)33)6-7-16-24(17)28(37)32(27(16)36)14-4-2-13(31)3-5-14/h1-6,8-9,11,16-17,23-24,33H,7,10H2/t16-,17+,23+,24-/m0/s1. The number of imide groups is 1. The number of carbonyl (C=O) groups is 4. The Balaban J connectivity index is 1.50. The van der Waals surface area contributed by atoms with E-state index in [4.69, 9.17) is 11.6 Å². The number of amides is 2. The number of phenolic OH excluding ortho intramolecular Hbond substituents is 1. The molecule has 6 nitrogen and oxygen atoms in total. The van der Waals surface area contributed by atoms with Crippen LogP contribution in [0, 0.1) is 21.3 Å². The summed E-state index contributed by atoms with van der Waals surface area (Å²) in [5.74, 6) is -3.78. The van der Waals surface area contributed by atoms with Gasteiger partial charge in [-0.2, -0.15) is 0 Å². The Morgan fingerprint density at radius 3 is 2.46 bits per heavy atom. The number of hydrogen-bond acceptors (Lipinski definition) is 5. The third-order valence-corrected chi connectivity index (χ3v) is 9.26. The third kappa shape index (κ3) is 3.79. The van der Waals surface area contributed by atoms with Crippen LogP contribution in [0.5, 0.6) is 5.75 Å². The van der Waals surface area contributed by atoms with E-state index in [0.717, 1.165) is 9.14 Å². The van der Waals surface area contributed by atoms with Crippen molar-refractivity contribution in [2.75, 3.05) is 4.90 Å². The molecule has 1 heterocycles. The van der Waals surface area contributed by atoms with Crippen molar-refractivity contribution in [1.82, 2.24) is 0 Å². The summed E-state index contributed by atoms with van der Waals surface area (Å²) in [4.78, 5) is 55.1. The van der Waals surface area contributed by atoms with Crippen molar-refractivity contribution in [3.8, 4) is 5.75 Å². The maximum absolute atomic E-state index is 13.8. The lowest BCUT2D eigenvalue weighted by Crippen LogP contribution is -2.39. The van der Waals surface area contributed by atoms with Gasteiger partial charge >= 0.3 is 0 Å². The van der Waals surface area contributed by atoms with Crippen molar-refractivity contribution < 1.29 is 24.3 Å². The van der Waals surface area contributed by atoms with Crippen LogP contribution in [0.2, 0.25) is 5.02 Å². The molecule has 4 aliphatic rings. The summed E-state index contributed by atoms with van der Waals surface area (Å²) in [7, 11) is 0. The molecule has 0 saturated carbocycles. The van der Waals surface area contributed by atoms with Crippen LogP contribution in [-0.4, -0.2) is 28.5 Å². The van der Waals surface area contributed by atoms with E-state index in [1.54, 1.807) is 24.3 Å². The van der Waals surface area contributed by atoms with E-state index >= 15 is 0 Å². The lowest BCUT2D eigenvalue weighted by molar-refractivity contribution is -0.123. The number of benzene rings is 2. The number of fused-ring (bicyclic) bond motifs is 3. The molecule has 0 radical (unpaired) electrons. The highest BCUT2D eigenvalue weighted by molar-refractivity contribution is 14.1. The van der Waals surface area contributed by atoms with Gasteiger partial charge in [0.15, 0.2) is 11.6 Å². The molecule has 0 aromatic heterocycles. The fraction of sp³-hybridized carbons (Fsp3) is 0.214. The predicted octanol–water partition coefficient (Wildman–Crippen LogP) is 5.62. The second kappa shape index (κ2) is 9.03. The van der Waals surface area contributed by atoms with E-state index < -0.39 is 23.7 Å². The van der Waals surface area contributed by atoms with Gasteiger partial charge in [-0.25, -0.2) is 0 Å². The van der Waals surface area contributed by atoms with Crippen molar-refractivity contribution in [2.24, 2.45) is 17.8 Å². The predicted molar refractivity (Wildman–Crippen MR) is 149 cm³/mol. The molecule has 6 rings (SSSR count). The van der Waals surface area contributed by atoms with Crippen molar-refractivity contribution >= 4 is 79.2 Å². The second-order valence-electron chi connectivity index (χ2n) is 9.59. The quantitative estimate of drug-likeness (QED) is 0.191. The van der Waals surface area contributed by atoms with Crippen molar-refractivity contribution in [3.63, 3.8) is 0 Å². The Morgan fingerprint density at radius 2 is 1.73 bits per heavy atom. The van der Waals surface area contributed by atoms with Gasteiger partial charge in [0.1, 0.15) is 5.75 Å². The van der Waals surface area contributed by atoms with Crippen molar-refractivity contribution in [1.29, 1.82) is 0 Å². The second-order valence-corrected chi connectivity index (χ2v) is 12.1. The maximum Gasteiger partial charge on any atom is 0.238 e. The van der Waals surface area contributed by atoms with E-state index in [1.807, 2.05) is 18.2 Å². The van der Waals surface area contributed by atoms with E-state index in [1.165, 1.54) is 17.0 Å². The highest BCUT2D eigenvalue weighted by Crippen LogP contribution is 2.56. The minimum absolute atomic E-state index is 0.0619. The Bertz CT molecular complexity index is 1530. The lowest BCUT2D eigenvalue weighted by atomic mass is 9.59. The molecule has 186 valence electrons. The average molecular weight is 691 g/mol. The van der Waals surface area contributed by atoms with Crippen LogP contribution in [0.3, 0.4) is 0 Å². The topological polar surface area (TPSA) is 91.8 Å². The molecule has 37 heavy (non-hydrogen) atoms. The normalized spacial score (nSPS) is 27.1. The van der Waals surface area contributed by atoms with Crippen LogP contribution in [0.25, 0.3) is 0 Å². The summed E-state index contributed by atoms with van der Waals surface area (Å²) in [6.07, 6.45) is 3.65. The number of Topliss-reactive ketones (excluding diaryl/α,β-unsaturated/α-hetero) is 1. The summed E-state index contributed by atoms with van der Waals surface area (Å²) in [6, 6.07) is 11.8. The maximum atomic E-state index is 13.8. The number of ketones is 2. The first-order valence-corrected chi connectivity index (χ1v) is 13.9. The summed E-state index contributed by atoms with van der Waals surface area (Å²) >= 11 is 11.7. The Kier molecular flexibility index (Phi) is 6.04. The summed E-state index contributed by atoms with van der Waals surface area (Å²) in [5, 5.41) is 11.2. The molecule has 1 fully saturated rings. The summed E-state index contributed by atoms with van der Waals surface area (Å²) < 4.78 is 1.14. The van der Waals surface area contributed by atoms with Gasteiger partial charge in [0, 0.05) is 37.3 Å². The van der Waals surface area contributed by atoms with Crippen LogP contribution in [-0.2, 0) is 19.2 Å². The highest BCUT2D eigenvalue weighted by atomic mass is 127. The fourth-order valence-electron chi connectivity index (χ4n) is 6.16. The number of rotatable bonds is 2. The van der Waals surface area contributed by atoms with Crippen LogP contribution < -0.4 is 4.90 Å². The van der Waals surface area contributed by atoms with Crippen LogP contribution in [0.15, 0.2) is 75.8 Å². The van der Waals surface area contributed by atoms with Gasteiger partial charge in [0.2, 0.25) is 11.8 Å². The molecule has 1 saturated heterocycles. The molecule has 2 aromatic carbocycles. The fourth-order valence-corrected chi connectivity index (χ4v) is 7.15. The average Bonchev–Trinajstić information content (AvgIpc) is 3.13. The van der Waals surface area contributed by atoms with Gasteiger partial charge < -0.3 is 5.11 Å². The van der Waals surface area contributed by atoms with E-state index in [0.29, 0.717) is 28.3 Å². The van der Waals surface area contributed by atoms with E-state index in [9.17, 15) is 24.3 Å². The zero-order chi connectivity index (χ0) is 26.2. The van der Waals surface area contributed by atoms with Gasteiger partial charge in [-0.3, -0.25) is 24.1 Å². The highest BCUT2D eigenvalue weighted by Gasteiger charge is 2.56. The zero-order valence-electron chi connectivity index (χ0n) is 19.1. The smallest absolute Gasteiger partial charge is 0.238 e. The molecule has 0 bridgehead atoms. The van der Waals surface area contributed by atoms with Crippen molar-refractivity contribution in [3.05, 3.63) is 90.0 Å². The molecular weight excluding hydrogens is 673 g/mol. The first kappa shape index (κ1) is 24.8. The van der Waals surface area contributed by atoms with Crippen LogP contribution in [0.1, 0.15) is 24.3 Å². The van der Waals surface area contributed by atoms with Gasteiger partial charge in [0.05, 0.1) is 22.0 Å². The Labute approximate surface area is 239 Å². The first-order chi connectivity index (χ1) is 17.7. The minimum atomic E-state index is -0.753. The number of hydrogen-bond donors (Lipinski definition) is 1. The molecular formula is C28H18BrClINO5. The lowest BCUT2D eigenvalue weighted by Gasteiger charge is -2.42. The van der Waals surface area contributed by atoms with E-state index in [-0.39, 0.29) is 45.6 Å². The number of carbonyl (C=O) groups excluding carboxylic acids is 4. The molecule has 2 aromatic rings. The third-order valence-electron chi connectivity index (χ3n) is 7.72. The molecule has 4 atom stereocenters. The van der Waals surface area contributed by atoms with Crippen LogP contribution >= 0.6 is 50.1 Å². The minimum Gasteiger partial charge on any atom is -0.508 e. The molecule has 1 N–H and O–H groups in total. The molecule has 9 heteroatoms. The van der Waals surface area contributed by atoms with Gasteiger partial charge in [-0.05, 0) is 99.7 Å². The number of halogens is 3. The van der Waals surface area contributed by atoms with Gasteiger partial charge in [0.25, 0.3) is 0 Å². The Hall–Kier alpha value is -2.56.